The Labute approximate surface area is 110 Å². The number of nitrogens with one attached hydrogen (secondary N) is 1. The summed E-state index contributed by atoms with van der Waals surface area (Å²) in [5.74, 6) is -2.54. The van der Waals surface area contributed by atoms with Crippen molar-refractivity contribution in [2.24, 2.45) is 0 Å². The van der Waals surface area contributed by atoms with E-state index in [-0.39, 0.29) is 0 Å². The number of anilines is 1. The highest BCUT2D eigenvalue weighted by molar-refractivity contribution is 6.04. The second kappa shape index (κ2) is 5.61. The van der Waals surface area contributed by atoms with Crippen molar-refractivity contribution in [3.8, 4) is 0 Å². The van der Waals surface area contributed by atoms with Crippen LogP contribution < -0.4 is 5.32 Å². The summed E-state index contributed by atoms with van der Waals surface area (Å²) in [6.07, 6.45) is 0.885. The molecule has 0 saturated carbocycles. The first-order valence-corrected chi connectivity index (χ1v) is 5.96. The lowest BCUT2D eigenvalue weighted by atomic mass is 10.1. The molecule has 0 atom stereocenters. The zero-order valence-corrected chi connectivity index (χ0v) is 10.4. The average Bonchev–Trinajstić information content (AvgIpc) is 2.39. The Morgan fingerprint density at radius 3 is 2.16 bits per heavy atom. The van der Waals surface area contributed by atoms with Crippen LogP contribution in [0.4, 0.5) is 14.5 Å². The lowest BCUT2D eigenvalue weighted by Crippen LogP contribution is -2.15. The van der Waals surface area contributed by atoms with Gasteiger partial charge in [-0.25, -0.2) is 8.78 Å². The summed E-state index contributed by atoms with van der Waals surface area (Å²) in [6.45, 7) is 2.02. The van der Waals surface area contributed by atoms with Crippen LogP contribution in [0.25, 0.3) is 0 Å². The standard InChI is InChI=1S/C15H13F2NO/c1-2-10-6-8-11(9-7-10)18-15(19)14-12(16)4-3-5-13(14)17/h3-9H,2H2,1H3,(H,18,19). The largest absolute Gasteiger partial charge is 0.322 e. The third-order valence-electron chi connectivity index (χ3n) is 2.81. The molecule has 19 heavy (non-hydrogen) atoms. The molecule has 98 valence electrons. The van der Waals surface area contributed by atoms with Gasteiger partial charge in [0.25, 0.3) is 5.91 Å². The Bertz CT molecular complexity index is 573. The highest BCUT2D eigenvalue weighted by atomic mass is 19.1. The van der Waals surface area contributed by atoms with Crippen LogP contribution in [0.5, 0.6) is 0 Å². The summed E-state index contributed by atoms with van der Waals surface area (Å²) in [5.41, 5.74) is 1.06. The van der Waals surface area contributed by atoms with Gasteiger partial charge in [-0.2, -0.15) is 0 Å². The van der Waals surface area contributed by atoms with Gasteiger partial charge in [-0.1, -0.05) is 25.1 Å². The van der Waals surface area contributed by atoms with Gasteiger partial charge in [-0.15, -0.1) is 0 Å². The van der Waals surface area contributed by atoms with Crippen LogP contribution >= 0.6 is 0 Å². The second-order valence-corrected chi connectivity index (χ2v) is 4.10. The molecule has 0 saturated heterocycles. The number of carbonyl (C=O) groups excluding carboxylic acids is 1. The summed E-state index contributed by atoms with van der Waals surface area (Å²) in [7, 11) is 0. The summed E-state index contributed by atoms with van der Waals surface area (Å²) in [4.78, 5) is 11.8. The number of halogens is 2. The van der Waals surface area contributed by atoms with E-state index in [1.807, 2.05) is 19.1 Å². The molecule has 1 N–H and O–H groups in total. The van der Waals surface area contributed by atoms with Crippen LogP contribution in [0, 0.1) is 11.6 Å². The van der Waals surface area contributed by atoms with Crippen LogP contribution in [0.3, 0.4) is 0 Å². The molecular weight excluding hydrogens is 248 g/mol. The highest BCUT2D eigenvalue weighted by Gasteiger charge is 2.16. The molecule has 1 amide bonds. The summed E-state index contributed by atoms with van der Waals surface area (Å²) in [5, 5.41) is 2.47. The van der Waals surface area contributed by atoms with E-state index in [4.69, 9.17) is 0 Å². The molecule has 0 heterocycles. The fraction of sp³-hybridized carbons (Fsp3) is 0.133. The van der Waals surface area contributed by atoms with Crippen molar-refractivity contribution in [2.75, 3.05) is 5.32 Å². The molecule has 0 aromatic heterocycles. The van der Waals surface area contributed by atoms with E-state index in [2.05, 4.69) is 5.32 Å². The zero-order chi connectivity index (χ0) is 13.8. The van der Waals surface area contributed by atoms with Gasteiger partial charge in [0.1, 0.15) is 17.2 Å². The lowest BCUT2D eigenvalue weighted by Gasteiger charge is -2.07. The van der Waals surface area contributed by atoms with Gasteiger partial charge in [0, 0.05) is 5.69 Å². The molecule has 0 aliphatic carbocycles. The smallest absolute Gasteiger partial charge is 0.261 e. The van der Waals surface area contributed by atoms with Crippen molar-refractivity contribution < 1.29 is 13.6 Å². The Morgan fingerprint density at radius 1 is 1.05 bits per heavy atom. The van der Waals surface area contributed by atoms with Crippen molar-refractivity contribution in [1.82, 2.24) is 0 Å². The molecule has 0 fully saturated rings. The number of hydrogen-bond donors (Lipinski definition) is 1. The molecular formula is C15H13F2NO. The van der Waals surface area contributed by atoms with E-state index in [1.54, 1.807) is 12.1 Å². The van der Waals surface area contributed by atoms with Crippen LogP contribution in [0.1, 0.15) is 22.8 Å². The fourth-order valence-electron chi connectivity index (χ4n) is 1.73. The molecule has 4 heteroatoms. The van der Waals surface area contributed by atoms with Gasteiger partial charge >= 0.3 is 0 Å². The van der Waals surface area contributed by atoms with Crippen molar-refractivity contribution >= 4 is 11.6 Å². The normalized spacial score (nSPS) is 10.3. The van der Waals surface area contributed by atoms with Gasteiger partial charge in [0.15, 0.2) is 0 Å². The minimum atomic E-state index is -0.873. The van der Waals surface area contributed by atoms with Gasteiger partial charge in [0.05, 0.1) is 0 Å². The quantitative estimate of drug-likeness (QED) is 0.895. The van der Waals surface area contributed by atoms with Crippen molar-refractivity contribution in [1.29, 1.82) is 0 Å². The van der Waals surface area contributed by atoms with E-state index in [0.717, 1.165) is 24.1 Å². The monoisotopic (exact) mass is 261 g/mol. The van der Waals surface area contributed by atoms with Crippen LogP contribution in [0.2, 0.25) is 0 Å². The molecule has 0 unspecified atom stereocenters. The topological polar surface area (TPSA) is 29.1 Å². The Hall–Kier alpha value is -2.23. The zero-order valence-electron chi connectivity index (χ0n) is 10.4. The number of amides is 1. The second-order valence-electron chi connectivity index (χ2n) is 4.10. The van der Waals surface area contributed by atoms with Gasteiger partial charge < -0.3 is 5.32 Å². The molecule has 2 nitrogen and oxygen atoms in total. The van der Waals surface area contributed by atoms with Crippen molar-refractivity contribution in [3.63, 3.8) is 0 Å². The van der Waals surface area contributed by atoms with E-state index in [0.29, 0.717) is 5.69 Å². The van der Waals surface area contributed by atoms with E-state index >= 15 is 0 Å². The van der Waals surface area contributed by atoms with Crippen molar-refractivity contribution in [3.05, 3.63) is 65.2 Å². The molecule has 0 spiro atoms. The first kappa shape index (κ1) is 13.2. The van der Waals surface area contributed by atoms with Crippen LogP contribution in [-0.4, -0.2) is 5.91 Å². The van der Waals surface area contributed by atoms with Gasteiger partial charge in [0.2, 0.25) is 0 Å². The molecule has 0 bridgehead atoms. The Morgan fingerprint density at radius 2 is 1.63 bits per heavy atom. The van der Waals surface area contributed by atoms with Crippen molar-refractivity contribution in [2.45, 2.75) is 13.3 Å². The van der Waals surface area contributed by atoms with E-state index in [9.17, 15) is 13.6 Å². The number of hydrogen-bond acceptors (Lipinski definition) is 1. The first-order chi connectivity index (χ1) is 9.11. The third-order valence-corrected chi connectivity index (χ3v) is 2.81. The highest BCUT2D eigenvalue weighted by Crippen LogP contribution is 2.16. The lowest BCUT2D eigenvalue weighted by molar-refractivity contribution is 0.101. The molecule has 0 radical (unpaired) electrons. The maximum Gasteiger partial charge on any atom is 0.261 e. The van der Waals surface area contributed by atoms with Crippen LogP contribution in [0.15, 0.2) is 42.5 Å². The first-order valence-electron chi connectivity index (χ1n) is 5.96. The number of benzene rings is 2. The number of carbonyl (C=O) groups is 1. The summed E-state index contributed by atoms with van der Waals surface area (Å²) >= 11 is 0. The maximum atomic E-state index is 13.4. The Balaban J connectivity index is 2.21. The summed E-state index contributed by atoms with van der Waals surface area (Å²) < 4.78 is 26.8. The molecule has 0 aliphatic heterocycles. The third kappa shape index (κ3) is 2.96. The minimum absolute atomic E-state index is 0.504. The van der Waals surface area contributed by atoms with Gasteiger partial charge in [-0.05, 0) is 36.2 Å². The van der Waals surface area contributed by atoms with Gasteiger partial charge in [-0.3, -0.25) is 4.79 Å². The maximum absolute atomic E-state index is 13.4. The van der Waals surface area contributed by atoms with E-state index in [1.165, 1.54) is 6.07 Å². The number of aryl methyl sites for hydroxylation is 1. The fourth-order valence-corrected chi connectivity index (χ4v) is 1.73. The van der Waals surface area contributed by atoms with E-state index < -0.39 is 23.1 Å². The molecule has 2 rings (SSSR count). The predicted octanol–water partition coefficient (Wildman–Crippen LogP) is 3.78. The molecule has 0 aliphatic rings. The average molecular weight is 261 g/mol. The minimum Gasteiger partial charge on any atom is -0.322 e. The summed E-state index contributed by atoms with van der Waals surface area (Å²) in [6, 6.07) is 10.4. The Kier molecular flexibility index (Phi) is 3.90. The molecule has 2 aromatic rings. The molecule has 2 aromatic carbocycles. The van der Waals surface area contributed by atoms with Crippen LogP contribution in [-0.2, 0) is 6.42 Å². The SMILES string of the molecule is CCc1ccc(NC(=O)c2c(F)cccc2F)cc1. The predicted molar refractivity (Wildman–Crippen MR) is 70.1 cm³/mol. The number of rotatable bonds is 3.